The molecule has 7 aromatic carbocycles. The molecule has 7 heteroatoms. The standard InChI is InChI=1S/C45H30F2N3OP/c46-38-24-18-34(19-25-38)44-48-43(49-45(50-44)35-20-26-39(47)27-21-35)33-16-14-31(15-17-33)36-8-7-9-37(30-36)32-22-28-42(29-23-32)52(51,40-10-3-1-4-11-40)41-12-5-2-6-13-41/h1-30H. The minimum Gasteiger partial charge on any atom is -0.309 e. The van der Waals surface area contributed by atoms with Crippen LogP contribution in [0.1, 0.15) is 0 Å². The van der Waals surface area contributed by atoms with Crippen LogP contribution >= 0.6 is 7.14 Å². The molecule has 250 valence electrons. The third-order valence-corrected chi connectivity index (χ3v) is 12.1. The van der Waals surface area contributed by atoms with Gasteiger partial charge in [0, 0.05) is 32.6 Å². The van der Waals surface area contributed by atoms with Crippen LogP contribution in [0.2, 0.25) is 0 Å². The first-order valence-electron chi connectivity index (χ1n) is 16.8. The van der Waals surface area contributed by atoms with E-state index in [4.69, 9.17) is 9.97 Å². The summed E-state index contributed by atoms with van der Waals surface area (Å²) in [6.45, 7) is 0. The minimum absolute atomic E-state index is 0.356. The van der Waals surface area contributed by atoms with E-state index < -0.39 is 7.14 Å². The highest BCUT2D eigenvalue weighted by Crippen LogP contribution is 2.42. The van der Waals surface area contributed by atoms with Gasteiger partial charge >= 0.3 is 0 Å². The molecule has 0 fully saturated rings. The summed E-state index contributed by atoms with van der Waals surface area (Å²) in [5, 5.41) is 2.38. The van der Waals surface area contributed by atoms with Crippen molar-refractivity contribution >= 4 is 23.1 Å². The molecule has 0 N–H and O–H groups in total. The molecule has 0 radical (unpaired) electrons. The van der Waals surface area contributed by atoms with Crippen LogP contribution in [0, 0.1) is 11.6 Å². The zero-order valence-corrected chi connectivity index (χ0v) is 28.7. The van der Waals surface area contributed by atoms with Gasteiger partial charge in [-0.05, 0) is 76.9 Å². The molecule has 1 aromatic heterocycles. The van der Waals surface area contributed by atoms with E-state index in [0.717, 1.165) is 43.7 Å². The highest BCUT2D eigenvalue weighted by atomic mass is 31.2. The maximum atomic E-state index is 14.8. The normalized spacial score (nSPS) is 11.3. The molecule has 0 aliphatic heterocycles. The molecule has 0 spiro atoms. The molecule has 52 heavy (non-hydrogen) atoms. The lowest BCUT2D eigenvalue weighted by atomic mass is 9.98. The van der Waals surface area contributed by atoms with Gasteiger partial charge < -0.3 is 4.57 Å². The maximum Gasteiger partial charge on any atom is 0.171 e. The van der Waals surface area contributed by atoms with Gasteiger partial charge in [0.2, 0.25) is 0 Å². The van der Waals surface area contributed by atoms with Crippen molar-refractivity contribution in [2.75, 3.05) is 0 Å². The van der Waals surface area contributed by atoms with Crippen LogP contribution in [0.4, 0.5) is 8.78 Å². The third kappa shape index (κ3) is 6.60. The number of aromatic nitrogens is 3. The summed E-state index contributed by atoms with van der Waals surface area (Å²) in [4.78, 5) is 14.1. The van der Waals surface area contributed by atoms with E-state index in [0.29, 0.717) is 28.6 Å². The summed E-state index contributed by atoms with van der Waals surface area (Å²) < 4.78 is 42.2. The summed E-state index contributed by atoms with van der Waals surface area (Å²) in [6, 6.07) is 55.6. The van der Waals surface area contributed by atoms with E-state index in [1.165, 1.54) is 24.3 Å². The van der Waals surface area contributed by atoms with Crippen LogP contribution in [-0.2, 0) is 4.57 Å². The van der Waals surface area contributed by atoms with Crippen LogP contribution in [0.5, 0.6) is 0 Å². The van der Waals surface area contributed by atoms with Gasteiger partial charge in [0.25, 0.3) is 0 Å². The van der Waals surface area contributed by atoms with Gasteiger partial charge in [-0.25, -0.2) is 23.7 Å². The molecular weight excluding hydrogens is 667 g/mol. The van der Waals surface area contributed by atoms with Gasteiger partial charge in [-0.15, -0.1) is 0 Å². The Morgan fingerprint density at radius 2 is 0.654 bits per heavy atom. The molecule has 0 bridgehead atoms. The summed E-state index contributed by atoms with van der Waals surface area (Å²) >= 11 is 0. The second kappa shape index (κ2) is 14.1. The predicted molar refractivity (Wildman–Crippen MR) is 206 cm³/mol. The molecule has 0 saturated carbocycles. The Kier molecular flexibility index (Phi) is 8.90. The molecule has 0 unspecified atom stereocenters. The number of nitrogens with zero attached hydrogens (tertiary/aromatic N) is 3. The fourth-order valence-electron chi connectivity index (χ4n) is 6.24. The molecule has 1 heterocycles. The van der Waals surface area contributed by atoms with Gasteiger partial charge in [0.15, 0.2) is 24.6 Å². The van der Waals surface area contributed by atoms with Crippen molar-refractivity contribution in [3.63, 3.8) is 0 Å². The second-order valence-corrected chi connectivity index (χ2v) is 15.1. The summed E-state index contributed by atoms with van der Waals surface area (Å²) in [5.74, 6) is 0.500. The molecule has 0 aliphatic rings. The molecule has 0 amide bonds. The minimum atomic E-state index is -3.07. The van der Waals surface area contributed by atoms with E-state index in [2.05, 4.69) is 23.2 Å². The first-order valence-corrected chi connectivity index (χ1v) is 18.5. The van der Waals surface area contributed by atoms with E-state index in [1.54, 1.807) is 24.3 Å². The van der Waals surface area contributed by atoms with Crippen molar-refractivity contribution in [1.29, 1.82) is 0 Å². The average Bonchev–Trinajstić information content (AvgIpc) is 3.22. The molecule has 0 aliphatic carbocycles. The Labute approximate surface area is 300 Å². The van der Waals surface area contributed by atoms with Crippen LogP contribution in [0.25, 0.3) is 56.4 Å². The number of rotatable bonds is 8. The van der Waals surface area contributed by atoms with Crippen LogP contribution in [0.15, 0.2) is 182 Å². The van der Waals surface area contributed by atoms with E-state index in [1.807, 2.05) is 115 Å². The van der Waals surface area contributed by atoms with Crippen molar-refractivity contribution in [2.24, 2.45) is 0 Å². The fraction of sp³-hybridized carbons (Fsp3) is 0. The monoisotopic (exact) mass is 697 g/mol. The van der Waals surface area contributed by atoms with Crippen molar-refractivity contribution in [3.8, 4) is 56.4 Å². The predicted octanol–water partition coefficient (Wildman–Crippen LogP) is 10.1. The van der Waals surface area contributed by atoms with Crippen molar-refractivity contribution in [2.45, 2.75) is 0 Å². The van der Waals surface area contributed by atoms with Gasteiger partial charge in [0.1, 0.15) is 11.6 Å². The van der Waals surface area contributed by atoms with Crippen LogP contribution in [0.3, 0.4) is 0 Å². The average molecular weight is 698 g/mol. The quantitative estimate of drug-likeness (QED) is 0.148. The molecule has 8 aromatic rings. The summed E-state index contributed by atoms with van der Waals surface area (Å²) in [7, 11) is -3.07. The smallest absolute Gasteiger partial charge is 0.171 e. The number of benzene rings is 7. The number of hydrogen-bond acceptors (Lipinski definition) is 4. The molecular formula is C45H30F2N3OP. The first kappa shape index (κ1) is 32.8. The first-order chi connectivity index (χ1) is 25.4. The Hall–Kier alpha value is -6.36. The van der Waals surface area contributed by atoms with E-state index >= 15 is 0 Å². The second-order valence-electron chi connectivity index (χ2n) is 12.3. The van der Waals surface area contributed by atoms with Gasteiger partial charge in [0.05, 0.1) is 0 Å². The van der Waals surface area contributed by atoms with Crippen molar-refractivity contribution in [1.82, 2.24) is 15.0 Å². The molecule has 0 saturated heterocycles. The number of halogens is 2. The Balaban J connectivity index is 1.10. The molecule has 4 nitrogen and oxygen atoms in total. The topological polar surface area (TPSA) is 55.7 Å². The zero-order chi connectivity index (χ0) is 35.5. The van der Waals surface area contributed by atoms with Gasteiger partial charge in [-0.3, -0.25) is 0 Å². The van der Waals surface area contributed by atoms with Crippen molar-refractivity contribution < 1.29 is 13.3 Å². The van der Waals surface area contributed by atoms with Crippen LogP contribution < -0.4 is 15.9 Å². The Morgan fingerprint density at radius 1 is 0.327 bits per heavy atom. The maximum absolute atomic E-state index is 14.8. The molecule has 0 atom stereocenters. The summed E-state index contributed by atoms with van der Waals surface area (Å²) in [6.07, 6.45) is 0. The van der Waals surface area contributed by atoms with Gasteiger partial charge in [-0.2, -0.15) is 0 Å². The highest BCUT2D eigenvalue weighted by molar-refractivity contribution is 7.85. The van der Waals surface area contributed by atoms with Gasteiger partial charge in [-0.1, -0.05) is 127 Å². The third-order valence-electron chi connectivity index (χ3n) is 8.98. The zero-order valence-electron chi connectivity index (χ0n) is 27.8. The largest absolute Gasteiger partial charge is 0.309 e. The SMILES string of the molecule is O=P(c1ccccc1)(c1ccccc1)c1ccc(-c2cccc(-c3ccc(-c4nc(-c5ccc(F)cc5)nc(-c5ccc(F)cc5)n4)cc3)c2)cc1. The Bertz CT molecular complexity index is 2420. The molecule has 8 rings (SSSR count). The van der Waals surface area contributed by atoms with Crippen LogP contribution in [-0.4, -0.2) is 15.0 Å². The van der Waals surface area contributed by atoms with Crippen molar-refractivity contribution in [3.05, 3.63) is 194 Å². The summed E-state index contributed by atoms with van der Waals surface area (Å²) in [5.41, 5.74) is 6.13. The number of hydrogen-bond donors (Lipinski definition) is 0. The lowest BCUT2D eigenvalue weighted by Gasteiger charge is -2.20. The Morgan fingerprint density at radius 3 is 1.06 bits per heavy atom. The lowest BCUT2D eigenvalue weighted by Crippen LogP contribution is -2.24. The lowest BCUT2D eigenvalue weighted by molar-refractivity contribution is 0.592. The fourth-order valence-corrected chi connectivity index (χ4v) is 8.89. The highest BCUT2D eigenvalue weighted by Gasteiger charge is 2.29. The van der Waals surface area contributed by atoms with E-state index in [9.17, 15) is 13.3 Å². The van der Waals surface area contributed by atoms with E-state index in [-0.39, 0.29) is 11.6 Å².